The standard InChI is InChI=1S/C16H13Cl2N3O.C14H11Cl2N3.C4H10O3/c1-21-16(19-9-22-2)13-5-3-4-12(15(13)20-21)11-7-6-10(17)8-14(11)18;1-19-14(17)11-4-2-3-10(13(11)18-19)9-6-5-8(15)7-12(9)16;1-5-4(6-2)7-3/h3-9H,1-2H3;2-7H,17H2,1H3;4H,1-3H3. The third-order valence-electron chi connectivity index (χ3n) is 7.04. The van der Waals surface area contributed by atoms with Gasteiger partial charge in [-0.2, -0.15) is 10.2 Å². The van der Waals surface area contributed by atoms with Crippen molar-refractivity contribution in [1.82, 2.24) is 19.6 Å². The summed E-state index contributed by atoms with van der Waals surface area (Å²) in [5.74, 6) is 1.37. The van der Waals surface area contributed by atoms with Crippen LogP contribution < -0.4 is 5.73 Å². The minimum Gasteiger partial charge on any atom is -0.486 e. The molecule has 252 valence electrons. The molecule has 2 heterocycles. The Balaban J connectivity index is 0.000000183. The van der Waals surface area contributed by atoms with Crippen LogP contribution in [0.4, 0.5) is 11.6 Å². The number of aromatic nitrogens is 4. The van der Waals surface area contributed by atoms with E-state index in [9.17, 15) is 0 Å². The number of methoxy groups -OCH3 is 4. The number of rotatable bonds is 7. The molecular weight excluding hydrogens is 698 g/mol. The number of hydrogen-bond acceptors (Lipinski definition) is 8. The lowest BCUT2D eigenvalue weighted by Gasteiger charge is -2.08. The Hall–Kier alpha value is -3.87. The molecule has 0 spiro atoms. The van der Waals surface area contributed by atoms with Crippen LogP contribution in [-0.2, 0) is 33.0 Å². The van der Waals surface area contributed by atoms with E-state index in [1.54, 1.807) is 28.6 Å². The lowest BCUT2D eigenvalue weighted by molar-refractivity contribution is -0.252. The first-order valence-corrected chi connectivity index (χ1v) is 15.8. The van der Waals surface area contributed by atoms with Gasteiger partial charge in [0.2, 0.25) is 0 Å². The molecule has 0 bridgehead atoms. The van der Waals surface area contributed by atoms with E-state index < -0.39 is 6.48 Å². The van der Waals surface area contributed by atoms with Crippen LogP contribution in [0.5, 0.6) is 0 Å². The lowest BCUT2D eigenvalue weighted by atomic mass is 10.0. The zero-order valence-electron chi connectivity index (χ0n) is 27.0. The number of nitrogens with zero attached hydrogens (tertiary/aromatic N) is 5. The summed E-state index contributed by atoms with van der Waals surface area (Å²) in [4.78, 5) is 4.28. The Labute approximate surface area is 298 Å². The number of aliphatic imine (C=N–C) groups is 1. The zero-order chi connectivity index (χ0) is 35.0. The highest BCUT2D eigenvalue weighted by Gasteiger charge is 2.15. The van der Waals surface area contributed by atoms with Crippen molar-refractivity contribution in [3.8, 4) is 22.3 Å². The van der Waals surface area contributed by atoms with Gasteiger partial charge >= 0.3 is 0 Å². The molecule has 2 aromatic heterocycles. The monoisotopic (exact) mass is 730 g/mol. The van der Waals surface area contributed by atoms with Gasteiger partial charge in [0.25, 0.3) is 6.48 Å². The van der Waals surface area contributed by atoms with Gasteiger partial charge in [-0.25, -0.2) is 9.67 Å². The number of anilines is 1. The van der Waals surface area contributed by atoms with Crippen molar-refractivity contribution in [2.24, 2.45) is 19.1 Å². The van der Waals surface area contributed by atoms with Crippen LogP contribution >= 0.6 is 46.4 Å². The van der Waals surface area contributed by atoms with Crippen molar-refractivity contribution < 1.29 is 18.9 Å². The average Bonchev–Trinajstić information content (AvgIpc) is 3.55. The summed E-state index contributed by atoms with van der Waals surface area (Å²) in [5, 5.41) is 13.3. The van der Waals surface area contributed by atoms with Gasteiger partial charge in [0.15, 0.2) is 12.2 Å². The van der Waals surface area contributed by atoms with E-state index in [1.165, 1.54) is 27.7 Å². The van der Waals surface area contributed by atoms with Gasteiger partial charge in [0.05, 0.1) is 7.11 Å². The molecule has 0 radical (unpaired) electrons. The number of aryl methyl sites for hydroxylation is 2. The summed E-state index contributed by atoms with van der Waals surface area (Å²) < 4.78 is 22.1. The number of hydrogen-bond donors (Lipinski definition) is 1. The number of halogens is 4. The predicted octanol–water partition coefficient (Wildman–Crippen LogP) is 9.19. The summed E-state index contributed by atoms with van der Waals surface area (Å²) in [7, 11) is 9.76. The number of ether oxygens (including phenoxy) is 4. The fourth-order valence-corrected chi connectivity index (χ4v) is 5.85. The van der Waals surface area contributed by atoms with Gasteiger partial charge in [-0.3, -0.25) is 4.68 Å². The molecule has 6 rings (SSSR count). The maximum Gasteiger partial charge on any atom is 0.270 e. The second-order valence-electron chi connectivity index (χ2n) is 10.1. The molecule has 2 N–H and O–H groups in total. The Kier molecular flexibility index (Phi) is 13.1. The molecule has 0 saturated carbocycles. The first-order valence-electron chi connectivity index (χ1n) is 14.3. The van der Waals surface area contributed by atoms with Crippen LogP contribution in [0.15, 0.2) is 77.8 Å². The van der Waals surface area contributed by atoms with Crippen LogP contribution in [-0.4, -0.2) is 60.9 Å². The van der Waals surface area contributed by atoms with Crippen molar-refractivity contribution in [1.29, 1.82) is 0 Å². The third kappa shape index (κ3) is 8.40. The van der Waals surface area contributed by atoms with Crippen molar-refractivity contribution in [3.63, 3.8) is 0 Å². The first kappa shape index (κ1) is 37.0. The summed E-state index contributed by atoms with van der Waals surface area (Å²) in [5.41, 5.74) is 11.3. The molecule has 6 aromatic rings. The number of nitrogens with two attached hydrogens (primary N) is 1. The van der Waals surface area contributed by atoms with Crippen LogP contribution in [0.2, 0.25) is 20.1 Å². The largest absolute Gasteiger partial charge is 0.486 e. The van der Waals surface area contributed by atoms with E-state index in [2.05, 4.69) is 29.4 Å². The smallest absolute Gasteiger partial charge is 0.270 e. The molecule has 4 aromatic carbocycles. The number of benzene rings is 4. The predicted molar refractivity (Wildman–Crippen MR) is 197 cm³/mol. The summed E-state index contributed by atoms with van der Waals surface area (Å²) in [6, 6.07) is 22.6. The summed E-state index contributed by atoms with van der Waals surface area (Å²) in [6.45, 7) is -0.514. The number of nitrogen functional groups attached to an aromatic ring is 1. The zero-order valence-corrected chi connectivity index (χ0v) is 30.1. The minimum atomic E-state index is -0.514. The second kappa shape index (κ2) is 17.0. The maximum absolute atomic E-state index is 6.33. The summed E-state index contributed by atoms with van der Waals surface area (Å²) in [6.07, 6.45) is 1.39. The van der Waals surface area contributed by atoms with E-state index in [0.29, 0.717) is 25.9 Å². The van der Waals surface area contributed by atoms with Crippen LogP contribution in [0.1, 0.15) is 0 Å². The molecule has 0 fully saturated rings. The van der Waals surface area contributed by atoms with E-state index in [0.717, 1.165) is 49.9 Å². The Morgan fingerprint density at radius 2 is 1.15 bits per heavy atom. The highest BCUT2D eigenvalue weighted by molar-refractivity contribution is 6.37. The molecule has 0 aliphatic rings. The van der Waals surface area contributed by atoms with Gasteiger partial charge in [0.1, 0.15) is 16.9 Å². The molecule has 0 amide bonds. The fourth-order valence-electron chi connectivity index (χ4n) is 4.83. The van der Waals surface area contributed by atoms with Gasteiger partial charge in [-0.1, -0.05) is 82.8 Å². The van der Waals surface area contributed by atoms with Crippen LogP contribution in [0, 0.1) is 0 Å². The maximum atomic E-state index is 6.33. The molecule has 0 aliphatic heterocycles. The minimum absolute atomic E-state index is 0.514. The van der Waals surface area contributed by atoms with Crippen LogP contribution in [0.3, 0.4) is 0 Å². The molecule has 10 nitrogen and oxygen atoms in total. The topological polar surface area (TPSA) is 111 Å². The highest BCUT2D eigenvalue weighted by Crippen LogP contribution is 2.38. The SMILES string of the molecule is COC(OC)OC.COC=Nc1c2cccc(-c3ccc(Cl)cc3Cl)c2nn1C.Cn1nc2c(-c3ccc(Cl)cc3Cl)cccc2c1N. The molecule has 0 saturated heterocycles. The Morgan fingerprint density at radius 3 is 1.60 bits per heavy atom. The van der Waals surface area contributed by atoms with Crippen molar-refractivity contribution in [2.45, 2.75) is 6.48 Å². The molecule has 48 heavy (non-hydrogen) atoms. The van der Waals surface area contributed by atoms with Crippen molar-refractivity contribution >= 4 is 86.2 Å². The van der Waals surface area contributed by atoms with E-state index in [4.69, 9.17) is 56.9 Å². The molecule has 0 unspecified atom stereocenters. The molecular formula is C34H34Cl4N6O4. The van der Waals surface area contributed by atoms with E-state index in [-0.39, 0.29) is 0 Å². The summed E-state index contributed by atoms with van der Waals surface area (Å²) >= 11 is 24.5. The highest BCUT2D eigenvalue weighted by atomic mass is 35.5. The molecule has 0 atom stereocenters. The van der Waals surface area contributed by atoms with Crippen molar-refractivity contribution in [2.75, 3.05) is 34.2 Å². The van der Waals surface area contributed by atoms with E-state index in [1.807, 2.05) is 74.8 Å². The first-order chi connectivity index (χ1) is 23.0. The van der Waals surface area contributed by atoms with Gasteiger partial charge in [-0.05, 0) is 36.4 Å². The van der Waals surface area contributed by atoms with Gasteiger partial charge in [0, 0.05) is 88.5 Å². The molecule has 14 heteroatoms. The average molecular weight is 732 g/mol. The van der Waals surface area contributed by atoms with Gasteiger partial charge in [-0.15, -0.1) is 0 Å². The van der Waals surface area contributed by atoms with Crippen molar-refractivity contribution in [3.05, 3.63) is 92.9 Å². The quantitative estimate of drug-likeness (QED) is 0.0990. The number of fused-ring (bicyclic) bond motifs is 2. The Morgan fingerprint density at radius 1 is 0.667 bits per heavy atom. The fraction of sp³-hybridized carbons (Fsp3) is 0.206. The Bertz CT molecular complexity index is 2040. The van der Waals surface area contributed by atoms with E-state index >= 15 is 0 Å². The van der Waals surface area contributed by atoms with Crippen LogP contribution in [0.25, 0.3) is 44.1 Å². The lowest BCUT2D eigenvalue weighted by Crippen LogP contribution is -2.14. The van der Waals surface area contributed by atoms with Gasteiger partial charge < -0.3 is 24.7 Å². The third-order valence-corrected chi connectivity index (χ3v) is 8.14. The normalized spacial score (nSPS) is 11.1. The second-order valence-corrected chi connectivity index (χ2v) is 11.8. The molecule has 0 aliphatic carbocycles.